The fourth-order valence-electron chi connectivity index (χ4n) is 2.71. The number of amides is 3. The fourth-order valence-corrected chi connectivity index (χ4v) is 3.01. The number of benzene rings is 2. The van der Waals surface area contributed by atoms with E-state index in [9.17, 15) is 23.6 Å². The molecule has 2 aromatic carbocycles. The summed E-state index contributed by atoms with van der Waals surface area (Å²) in [4.78, 5) is 49.9. The van der Waals surface area contributed by atoms with E-state index >= 15 is 0 Å². The second-order valence-corrected chi connectivity index (χ2v) is 6.84. The molecule has 0 spiro atoms. The van der Waals surface area contributed by atoms with Gasteiger partial charge < -0.3 is 0 Å². The molecule has 144 valence electrons. The molecular weight excluding hydrogens is 410 g/mol. The molecule has 1 saturated heterocycles. The SMILES string of the molecule is O=C(CN(C(=O)c1ccc(Cl)c(Cl)c1)N1C(=O)CCC1=O)c1ccc(F)cc1. The molecule has 3 amide bonds. The van der Waals surface area contributed by atoms with Crippen molar-refractivity contribution >= 4 is 46.7 Å². The molecule has 1 aliphatic heterocycles. The minimum atomic E-state index is -0.766. The Bertz CT molecular complexity index is 962. The van der Waals surface area contributed by atoms with Gasteiger partial charge in [0.2, 0.25) is 11.8 Å². The van der Waals surface area contributed by atoms with Crippen LogP contribution < -0.4 is 0 Å². The first-order chi connectivity index (χ1) is 13.3. The second-order valence-electron chi connectivity index (χ2n) is 6.02. The number of rotatable bonds is 5. The van der Waals surface area contributed by atoms with Gasteiger partial charge in [-0.2, -0.15) is 5.01 Å². The van der Waals surface area contributed by atoms with Gasteiger partial charge in [0.1, 0.15) is 12.4 Å². The van der Waals surface area contributed by atoms with Gasteiger partial charge in [0.15, 0.2) is 5.78 Å². The minimum Gasteiger partial charge on any atom is -0.292 e. The fraction of sp³-hybridized carbons (Fsp3) is 0.158. The van der Waals surface area contributed by atoms with Crippen molar-refractivity contribution in [2.45, 2.75) is 12.8 Å². The third-order valence-corrected chi connectivity index (χ3v) is 4.87. The van der Waals surface area contributed by atoms with E-state index in [4.69, 9.17) is 23.2 Å². The number of carbonyl (C=O) groups excluding carboxylic acids is 4. The number of hydrogen-bond acceptors (Lipinski definition) is 4. The molecule has 2 aromatic rings. The van der Waals surface area contributed by atoms with Crippen molar-refractivity contribution in [3.63, 3.8) is 0 Å². The van der Waals surface area contributed by atoms with Gasteiger partial charge in [-0.25, -0.2) is 9.40 Å². The number of halogens is 3. The van der Waals surface area contributed by atoms with Crippen LogP contribution in [0, 0.1) is 5.82 Å². The molecule has 9 heteroatoms. The van der Waals surface area contributed by atoms with Crippen LogP contribution in [0.4, 0.5) is 4.39 Å². The molecule has 0 saturated carbocycles. The first kappa shape index (κ1) is 20.0. The second kappa shape index (κ2) is 8.08. The van der Waals surface area contributed by atoms with Gasteiger partial charge in [0.25, 0.3) is 5.91 Å². The molecule has 1 aliphatic rings. The van der Waals surface area contributed by atoms with E-state index in [1.807, 2.05) is 0 Å². The number of nitrogens with zero attached hydrogens (tertiary/aromatic N) is 2. The molecule has 28 heavy (non-hydrogen) atoms. The molecule has 1 heterocycles. The first-order valence-corrected chi connectivity index (χ1v) is 8.95. The third kappa shape index (κ3) is 4.05. The van der Waals surface area contributed by atoms with Crippen molar-refractivity contribution in [3.8, 4) is 0 Å². The lowest BCUT2D eigenvalue weighted by atomic mass is 10.1. The van der Waals surface area contributed by atoms with Crippen molar-refractivity contribution in [1.29, 1.82) is 0 Å². The van der Waals surface area contributed by atoms with E-state index < -0.39 is 35.9 Å². The molecule has 0 bridgehead atoms. The van der Waals surface area contributed by atoms with Crippen molar-refractivity contribution in [2.24, 2.45) is 0 Å². The van der Waals surface area contributed by atoms with Crippen LogP contribution in [0.25, 0.3) is 0 Å². The van der Waals surface area contributed by atoms with Gasteiger partial charge in [0, 0.05) is 24.0 Å². The third-order valence-electron chi connectivity index (χ3n) is 4.13. The highest BCUT2D eigenvalue weighted by Crippen LogP contribution is 2.25. The maximum atomic E-state index is 13.1. The van der Waals surface area contributed by atoms with Crippen LogP contribution in [-0.2, 0) is 9.59 Å². The van der Waals surface area contributed by atoms with E-state index in [1.54, 1.807) is 0 Å². The van der Waals surface area contributed by atoms with Crippen LogP contribution in [-0.4, -0.2) is 40.1 Å². The normalized spacial score (nSPS) is 13.8. The maximum absolute atomic E-state index is 13.1. The van der Waals surface area contributed by atoms with Gasteiger partial charge in [0.05, 0.1) is 10.0 Å². The van der Waals surface area contributed by atoms with Crippen LogP contribution >= 0.6 is 23.2 Å². The summed E-state index contributed by atoms with van der Waals surface area (Å²) in [6.45, 7) is -0.581. The van der Waals surface area contributed by atoms with E-state index in [1.165, 1.54) is 30.3 Å². The predicted molar refractivity (Wildman–Crippen MR) is 99.3 cm³/mol. The summed E-state index contributed by atoms with van der Waals surface area (Å²) in [5.74, 6) is -3.04. The Morgan fingerprint density at radius 1 is 0.929 bits per heavy atom. The van der Waals surface area contributed by atoms with Gasteiger partial charge in [-0.3, -0.25) is 19.2 Å². The maximum Gasteiger partial charge on any atom is 0.273 e. The summed E-state index contributed by atoms with van der Waals surface area (Å²) in [5.41, 5.74) is 0.182. The Morgan fingerprint density at radius 3 is 2.07 bits per heavy atom. The molecule has 0 aliphatic carbocycles. The molecule has 0 atom stereocenters. The molecule has 0 unspecified atom stereocenters. The first-order valence-electron chi connectivity index (χ1n) is 8.19. The highest BCUT2D eigenvalue weighted by Gasteiger charge is 2.38. The Hall–Kier alpha value is -2.77. The number of carbonyl (C=O) groups is 4. The van der Waals surface area contributed by atoms with Crippen molar-refractivity contribution in [2.75, 3.05) is 6.54 Å². The lowest BCUT2D eigenvalue weighted by molar-refractivity contribution is -0.152. The van der Waals surface area contributed by atoms with E-state index in [0.29, 0.717) is 5.01 Å². The summed E-state index contributed by atoms with van der Waals surface area (Å²) in [6, 6.07) is 8.77. The Labute approximate surface area is 169 Å². The zero-order valence-electron chi connectivity index (χ0n) is 14.3. The monoisotopic (exact) mass is 422 g/mol. The average Bonchev–Trinajstić information content (AvgIpc) is 3.00. The molecule has 1 fully saturated rings. The number of ketones is 1. The summed E-state index contributed by atoms with van der Waals surface area (Å²) >= 11 is 11.8. The largest absolute Gasteiger partial charge is 0.292 e. The lowest BCUT2D eigenvalue weighted by Gasteiger charge is -2.29. The van der Waals surface area contributed by atoms with Crippen LogP contribution in [0.2, 0.25) is 10.0 Å². The van der Waals surface area contributed by atoms with E-state index in [2.05, 4.69) is 0 Å². The Morgan fingerprint density at radius 2 is 1.50 bits per heavy atom. The summed E-state index contributed by atoms with van der Waals surface area (Å²) in [5, 5.41) is 1.78. The molecule has 0 N–H and O–H groups in total. The van der Waals surface area contributed by atoms with Crippen molar-refractivity contribution < 1.29 is 23.6 Å². The van der Waals surface area contributed by atoms with Gasteiger partial charge in [-0.1, -0.05) is 23.2 Å². The van der Waals surface area contributed by atoms with Crippen molar-refractivity contribution in [1.82, 2.24) is 10.0 Å². The smallest absolute Gasteiger partial charge is 0.273 e. The van der Waals surface area contributed by atoms with E-state index in [-0.39, 0.29) is 34.0 Å². The minimum absolute atomic E-state index is 0.0498. The predicted octanol–water partition coefficient (Wildman–Crippen LogP) is 3.52. The quantitative estimate of drug-likeness (QED) is 0.545. The summed E-state index contributed by atoms with van der Waals surface area (Å²) in [7, 11) is 0. The van der Waals surface area contributed by atoms with Crippen LogP contribution in [0.3, 0.4) is 0 Å². The van der Waals surface area contributed by atoms with Crippen molar-refractivity contribution in [3.05, 3.63) is 69.5 Å². The zero-order chi connectivity index (χ0) is 20.4. The highest BCUT2D eigenvalue weighted by molar-refractivity contribution is 6.42. The van der Waals surface area contributed by atoms with Crippen LogP contribution in [0.5, 0.6) is 0 Å². The van der Waals surface area contributed by atoms with Crippen LogP contribution in [0.15, 0.2) is 42.5 Å². The average molecular weight is 423 g/mol. The number of hydrogen-bond donors (Lipinski definition) is 0. The number of Topliss-reactive ketones (excluding diaryl/α,β-unsaturated/α-hetero) is 1. The van der Waals surface area contributed by atoms with Gasteiger partial charge in [-0.15, -0.1) is 0 Å². The molecular formula is C19H13Cl2FN2O4. The zero-order valence-corrected chi connectivity index (χ0v) is 15.8. The molecule has 6 nitrogen and oxygen atoms in total. The van der Waals surface area contributed by atoms with Crippen LogP contribution in [0.1, 0.15) is 33.6 Å². The molecule has 0 aromatic heterocycles. The molecule has 0 radical (unpaired) electrons. The topological polar surface area (TPSA) is 74.8 Å². The summed E-state index contributed by atoms with van der Waals surface area (Å²) < 4.78 is 13.1. The number of hydrazine groups is 1. The standard InChI is InChI=1S/C19H13Cl2FN2O4/c20-14-6-3-12(9-15(14)21)19(28)23(24-17(26)7-8-18(24)27)10-16(25)11-1-4-13(22)5-2-11/h1-6,9H,7-8,10H2. The summed E-state index contributed by atoms with van der Waals surface area (Å²) in [6.07, 6.45) is -0.122. The number of imide groups is 1. The lowest BCUT2D eigenvalue weighted by Crippen LogP contribution is -2.51. The molecule has 3 rings (SSSR count). The van der Waals surface area contributed by atoms with Gasteiger partial charge in [-0.05, 0) is 42.5 Å². The van der Waals surface area contributed by atoms with E-state index in [0.717, 1.165) is 17.1 Å². The highest BCUT2D eigenvalue weighted by atomic mass is 35.5. The Kier molecular flexibility index (Phi) is 5.76. The van der Waals surface area contributed by atoms with Gasteiger partial charge >= 0.3 is 0 Å². The Balaban J connectivity index is 1.94.